The Morgan fingerprint density at radius 2 is 2.17 bits per heavy atom. The van der Waals surface area contributed by atoms with Crippen LogP contribution in [0.2, 0.25) is 0 Å². The number of carbonyl (C=O) groups is 2. The van der Waals surface area contributed by atoms with E-state index in [1.165, 1.54) is 0 Å². The topological polar surface area (TPSA) is 84.9 Å². The number of amides is 1. The van der Waals surface area contributed by atoms with E-state index in [0.717, 1.165) is 25.9 Å². The highest BCUT2D eigenvalue weighted by molar-refractivity contribution is 5.89. The highest BCUT2D eigenvalue weighted by Gasteiger charge is 2.15. The third kappa shape index (κ3) is 6.29. The molecule has 1 aromatic rings. The quantitative estimate of drug-likeness (QED) is 0.639. The molecule has 1 heterocycles. The van der Waals surface area contributed by atoms with Crippen LogP contribution in [-0.4, -0.2) is 49.5 Å². The largest absolute Gasteiger partial charge is 0.478 e. The van der Waals surface area contributed by atoms with E-state index in [-0.39, 0.29) is 24.0 Å². The van der Waals surface area contributed by atoms with Crippen LogP contribution in [-0.2, 0) is 20.7 Å². The third-order valence-electron chi connectivity index (χ3n) is 3.98. The average Bonchev–Trinajstić information content (AvgIpc) is 3.09. The number of benzene rings is 1. The van der Waals surface area contributed by atoms with Crippen molar-refractivity contribution < 1.29 is 24.2 Å². The lowest BCUT2D eigenvalue weighted by Crippen LogP contribution is -2.26. The molecular weight excluding hydrogens is 310 g/mol. The second-order valence-electron chi connectivity index (χ2n) is 5.88. The monoisotopic (exact) mass is 335 g/mol. The van der Waals surface area contributed by atoms with Crippen molar-refractivity contribution in [2.45, 2.75) is 38.2 Å². The van der Waals surface area contributed by atoms with Crippen LogP contribution in [0.3, 0.4) is 0 Å². The maximum Gasteiger partial charge on any atom is 0.335 e. The summed E-state index contributed by atoms with van der Waals surface area (Å²) < 4.78 is 11.0. The molecule has 1 aromatic carbocycles. The summed E-state index contributed by atoms with van der Waals surface area (Å²) in [4.78, 5) is 22.9. The van der Waals surface area contributed by atoms with Crippen molar-refractivity contribution in [1.82, 2.24) is 5.32 Å². The molecule has 1 saturated heterocycles. The van der Waals surface area contributed by atoms with E-state index in [9.17, 15) is 9.59 Å². The Morgan fingerprint density at radius 3 is 2.92 bits per heavy atom. The maximum absolute atomic E-state index is 11.8. The number of carboxylic acids is 1. The maximum atomic E-state index is 11.8. The molecule has 1 aliphatic rings. The molecule has 1 fully saturated rings. The molecule has 2 N–H and O–H groups in total. The van der Waals surface area contributed by atoms with Gasteiger partial charge in [-0.25, -0.2) is 4.79 Å². The molecule has 0 saturated carbocycles. The van der Waals surface area contributed by atoms with E-state index < -0.39 is 5.97 Å². The molecule has 0 aromatic heterocycles. The molecule has 0 aliphatic carbocycles. The van der Waals surface area contributed by atoms with Gasteiger partial charge >= 0.3 is 5.97 Å². The Bertz CT molecular complexity index is 540. The fourth-order valence-corrected chi connectivity index (χ4v) is 2.68. The predicted molar refractivity (Wildman–Crippen MR) is 89.1 cm³/mol. The summed E-state index contributed by atoms with van der Waals surface area (Å²) in [5.41, 5.74) is 0.938. The van der Waals surface area contributed by atoms with Gasteiger partial charge in [0.25, 0.3) is 0 Å². The molecular formula is C18H25NO5. The molecule has 2 rings (SSSR count). The Morgan fingerprint density at radius 1 is 1.33 bits per heavy atom. The van der Waals surface area contributed by atoms with Gasteiger partial charge in [-0.2, -0.15) is 0 Å². The highest BCUT2D eigenvalue weighted by atomic mass is 16.5. The van der Waals surface area contributed by atoms with Crippen LogP contribution in [0.25, 0.3) is 0 Å². The van der Waals surface area contributed by atoms with Crippen molar-refractivity contribution in [3.63, 3.8) is 0 Å². The number of aryl methyl sites for hydroxylation is 1. The summed E-state index contributed by atoms with van der Waals surface area (Å²) in [5.74, 6) is -1.04. The van der Waals surface area contributed by atoms with Crippen LogP contribution in [0.1, 0.15) is 41.6 Å². The number of nitrogens with one attached hydrogen (secondary N) is 1. The second-order valence-corrected chi connectivity index (χ2v) is 5.88. The molecule has 24 heavy (non-hydrogen) atoms. The number of carboxylic acid groups (broad SMARTS) is 1. The Labute approximate surface area is 142 Å². The molecule has 1 amide bonds. The first kappa shape index (κ1) is 18.4. The van der Waals surface area contributed by atoms with E-state index in [4.69, 9.17) is 14.6 Å². The summed E-state index contributed by atoms with van der Waals surface area (Å²) in [5, 5.41) is 11.9. The van der Waals surface area contributed by atoms with Crippen molar-refractivity contribution >= 4 is 11.9 Å². The lowest BCUT2D eigenvalue weighted by molar-refractivity contribution is -0.121. The highest BCUT2D eigenvalue weighted by Crippen LogP contribution is 2.12. The SMILES string of the molecule is O=C(CCc1ccccc1C(=O)O)NCCCOCC1CCCO1. The number of carbonyl (C=O) groups excluding carboxylic acids is 1. The molecule has 0 radical (unpaired) electrons. The fourth-order valence-electron chi connectivity index (χ4n) is 2.68. The zero-order valence-corrected chi connectivity index (χ0v) is 13.8. The lowest BCUT2D eigenvalue weighted by atomic mass is 10.0. The van der Waals surface area contributed by atoms with E-state index in [0.29, 0.717) is 31.7 Å². The van der Waals surface area contributed by atoms with Gasteiger partial charge in [0.15, 0.2) is 0 Å². The number of hydrogen-bond acceptors (Lipinski definition) is 4. The van der Waals surface area contributed by atoms with E-state index in [1.807, 2.05) is 0 Å². The predicted octanol–water partition coefficient (Wildman–Crippen LogP) is 2.02. The molecule has 1 unspecified atom stereocenters. The zero-order chi connectivity index (χ0) is 17.2. The molecule has 132 valence electrons. The molecule has 1 atom stereocenters. The number of hydrogen-bond donors (Lipinski definition) is 2. The van der Waals surface area contributed by atoms with Crippen molar-refractivity contribution in [3.05, 3.63) is 35.4 Å². The Balaban J connectivity index is 1.56. The first-order valence-electron chi connectivity index (χ1n) is 8.44. The molecule has 6 heteroatoms. The summed E-state index contributed by atoms with van der Waals surface area (Å²) in [6.07, 6.45) is 3.85. The summed E-state index contributed by atoms with van der Waals surface area (Å²) in [7, 11) is 0. The van der Waals surface area contributed by atoms with Crippen LogP contribution in [0, 0.1) is 0 Å². The number of rotatable bonds is 10. The van der Waals surface area contributed by atoms with Gasteiger partial charge in [0.05, 0.1) is 18.3 Å². The normalized spacial score (nSPS) is 16.9. The van der Waals surface area contributed by atoms with Crippen molar-refractivity contribution in [2.75, 3.05) is 26.4 Å². The van der Waals surface area contributed by atoms with Crippen LogP contribution in [0.5, 0.6) is 0 Å². The van der Waals surface area contributed by atoms with Crippen LogP contribution < -0.4 is 5.32 Å². The summed E-state index contributed by atoms with van der Waals surface area (Å²) >= 11 is 0. The standard InChI is InChI=1S/C18H25NO5/c20-17(9-8-14-5-1-2-7-16(14)18(21)22)19-10-4-11-23-13-15-6-3-12-24-15/h1-2,5,7,15H,3-4,6,8-13H2,(H,19,20)(H,21,22). The summed E-state index contributed by atoms with van der Waals surface area (Å²) in [6, 6.07) is 6.77. The van der Waals surface area contributed by atoms with Crippen molar-refractivity contribution in [2.24, 2.45) is 0 Å². The Kier molecular flexibility index (Phi) is 7.71. The smallest absolute Gasteiger partial charge is 0.335 e. The van der Waals surface area contributed by atoms with E-state index in [2.05, 4.69) is 5.32 Å². The van der Waals surface area contributed by atoms with Gasteiger partial charge in [-0.15, -0.1) is 0 Å². The third-order valence-corrected chi connectivity index (χ3v) is 3.98. The lowest BCUT2D eigenvalue weighted by Gasteiger charge is -2.10. The van der Waals surface area contributed by atoms with Crippen molar-refractivity contribution in [1.29, 1.82) is 0 Å². The Hall–Kier alpha value is -1.92. The minimum atomic E-state index is -0.964. The van der Waals surface area contributed by atoms with Crippen molar-refractivity contribution in [3.8, 4) is 0 Å². The summed E-state index contributed by atoms with van der Waals surface area (Å²) in [6.45, 7) is 2.61. The van der Waals surface area contributed by atoms with E-state index >= 15 is 0 Å². The van der Waals surface area contributed by atoms with Gasteiger partial charge in [0.1, 0.15) is 0 Å². The van der Waals surface area contributed by atoms with Gasteiger partial charge in [-0.05, 0) is 37.3 Å². The number of aromatic carboxylic acids is 1. The van der Waals surface area contributed by atoms with Crippen LogP contribution in [0.15, 0.2) is 24.3 Å². The minimum absolute atomic E-state index is 0.0747. The molecule has 0 bridgehead atoms. The minimum Gasteiger partial charge on any atom is -0.478 e. The van der Waals surface area contributed by atoms with Crippen LogP contribution in [0.4, 0.5) is 0 Å². The first-order chi connectivity index (χ1) is 11.7. The van der Waals surface area contributed by atoms with E-state index in [1.54, 1.807) is 24.3 Å². The van der Waals surface area contributed by atoms with Gasteiger partial charge in [-0.1, -0.05) is 18.2 Å². The van der Waals surface area contributed by atoms with Gasteiger partial charge in [0, 0.05) is 26.2 Å². The molecule has 1 aliphatic heterocycles. The van der Waals surface area contributed by atoms with Gasteiger partial charge < -0.3 is 19.9 Å². The van der Waals surface area contributed by atoms with Crippen LogP contribution >= 0.6 is 0 Å². The average molecular weight is 335 g/mol. The fraction of sp³-hybridized carbons (Fsp3) is 0.556. The second kappa shape index (κ2) is 10.1. The number of ether oxygens (including phenoxy) is 2. The van der Waals surface area contributed by atoms with Gasteiger partial charge in [-0.3, -0.25) is 4.79 Å². The zero-order valence-electron chi connectivity index (χ0n) is 13.8. The first-order valence-corrected chi connectivity index (χ1v) is 8.44. The van der Waals surface area contributed by atoms with Gasteiger partial charge in [0.2, 0.25) is 5.91 Å². The molecule has 0 spiro atoms. The molecule has 6 nitrogen and oxygen atoms in total.